The molecule has 0 atom stereocenters. The Morgan fingerprint density at radius 1 is 1.19 bits per heavy atom. The maximum absolute atomic E-state index is 13.6. The highest BCUT2D eigenvalue weighted by atomic mass is 19.1. The molecule has 0 radical (unpaired) electrons. The van der Waals surface area contributed by atoms with Crippen LogP contribution >= 0.6 is 0 Å². The van der Waals surface area contributed by atoms with Gasteiger partial charge in [0.05, 0.1) is 0 Å². The molecule has 0 saturated heterocycles. The van der Waals surface area contributed by atoms with E-state index in [0.29, 0.717) is 11.7 Å². The molecule has 1 saturated carbocycles. The van der Waals surface area contributed by atoms with Crippen LogP contribution in [-0.2, 0) is 0 Å². The Balaban J connectivity index is 2.01. The Morgan fingerprint density at radius 3 is 2.67 bits per heavy atom. The van der Waals surface area contributed by atoms with E-state index in [1.54, 1.807) is 0 Å². The molecular formula is C17H20FN3. The van der Waals surface area contributed by atoms with Crippen molar-refractivity contribution < 1.29 is 4.39 Å². The van der Waals surface area contributed by atoms with Crippen molar-refractivity contribution in [1.82, 2.24) is 9.97 Å². The van der Waals surface area contributed by atoms with Crippen LogP contribution in [0.25, 0.3) is 11.4 Å². The van der Waals surface area contributed by atoms with Crippen LogP contribution in [0.15, 0.2) is 24.3 Å². The largest absolute Gasteiger partial charge is 0.370 e. The molecule has 1 aliphatic rings. The summed E-state index contributed by atoms with van der Waals surface area (Å²) in [7, 11) is 0. The third kappa shape index (κ3) is 3.38. The number of nitrogens with one attached hydrogen (secondary N) is 1. The topological polar surface area (TPSA) is 37.8 Å². The van der Waals surface area contributed by atoms with Gasteiger partial charge in [-0.1, -0.05) is 6.92 Å². The highest BCUT2D eigenvalue weighted by Gasteiger charge is 2.26. The van der Waals surface area contributed by atoms with Gasteiger partial charge in [-0.05, 0) is 49.9 Å². The van der Waals surface area contributed by atoms with Crippen molar-refractivity contribution in [2.45, 2.75) is 39.0 Å². The minimum atomic E-state index is -0.242. The monoisotopic (exact) mass is 285 g/mol. The van der Waals surface area contributed by atoms with Gasteiger partial charge < -0.3 is 5.32 Å². The van der Waals surface area contributed by atoms with Crippen molar-refractivity contribution in [2.75, 3.05) is 11.9 Å². The van der Waals surface area contributed by atoms with Crippen molar-refractivity contribution in [3.63, 3.8) is 0 Å². The SMILES string of the molecule is CCCNc1cc(C2CC2)nc(-c2cc(C)cc(F)c2)n1. The molecule has 0 spiro atoms. The molecule has 21 heavy (non-hydrogen) atoms. The van der Waals surface area contributed by atoms with Gasteiger partial charge in [-0.25, -0.2) is 14.4 Å². The highest BCUT2D eigenvalue weighted by Crippen LogP contribution is 2.40. The van der Waals surface area contributed by atoms with Crippen LogP contribution in [0.5, 0.6) is 0 Å². The number of halogens is 1. The van der Waals surface area contributed by atoms with Crippen molar-refractivity contribution >= 4 is 5.82 Å². The fraction of sp³-hybridized carbons (Fsp3) is 0.412. The molecule has 0 unspecified atom stereocenters. The van der Waals surface area contributed by atoms with Gasteiger partial charge in [-0.3, -0.25) is 0 Å². The average Bonchev–Trinajstić information content (AvgIpc) is 3.28. The van der Waals surface area contributed by atoms with E-state index in [2.05, 4.69) is 22.2 Å². The molecule has 4 heteroatoms. The minimum Gasteiger partial charge on any atom is -0.370 e. The van der Waals surface area contributed by atoms with Gasteiger partial charge in [0, 0.05) is 29.8 Å². The van der Waals surface area contributed by atoms with E-state index in [4.69, 9.17) is 0 Å². The number of aryl methyl sites for hydroxylation is 1. The van der Waals surface area contributed by atoms with E-state index in [9.17, 15) is 4.39 Å². The first-order valence-electron chi connectivity index (χ1n) is 7.56. The molecule has 1 aromatic carbocycles. The second kappa shape index (κ2) is 5.80. The normalized spacial score (nSPS) is 14.2. The molecule has 1 N–H and O–H groups in total. The Hall–Kier alpha value is -1.97. The third-order valence-corrected chi connectivity index (χ3v) is 3.60. The van der Waals surface area contributed by atoms with Gasteiger partial charge in [0.1, 0.15) is 11.6 Å². The summed E-state index contributed by atoms with van der Waals surface area (Å²) in [4.78, 5) is 9.18. The molecule has 1 aromatic heterocycles. The molecule has 3 rings (SSSR count). The van der Waals surface area contributed by atoms with Crippen LogP contribution in [-0.4, -0.2) is 16.5 Å². The zero-order valence-electron chi connectivity index (χ0n) is 12.5. The smallest absolute Gasteiger partial charge is 0.161 e. The molecule has 1 aliphatic carbocycles. The summed E-state index contributed by atoms with van der Waals surface area (Å²) in [5.41, 5.74) is 2.70. The van der Waals surface area contributed by atoms with Crippen molar-refractivity contribution in [3.05, 3.63) is 41.3 Å². The van der Waals surface area contributed by atoms with E-state index in [0.717, 1.165) is 35.6 Å². The second-order valence-electron chi connectivity index (χ2n) is 5.72. The summed E-state index contributed by atoms with van der Waals surface area (Å²) >= 11 is 0. The van der Waals surface area contributed by atoms with Gasteiger partial charge in [-0.15, -0.1) is 0 Å². The quantitative estimate of drug-likeness (QED) is 0.890. The summed E-state index contributed by atoms with van der Waals surface area (Å²) < 4.78 is 13.6. The average molecular weight is 285 g/mol. The summed E-state index contributed by atoms with van der Waals surface area (Å²) in [6, 6.07) is 6.98. The first-order chi connectivity index (χ1) is 10.2. The highest BCUT2D eigenvalue weighted by molar-refractivity contribution is 5.59. The van der Waals surface area contributed by atoms with Crippen LogP contribution in [0.4, 0.5) is 10.2 Å². The maximum Gasteiger partial charge on any atom is 0.161 e. The van der Waals surface area contributed by atoms with E-state index in [1.807, 2.05) is 19.1 Å². The van der Waals surface area contributed by atoms with Crippen LogP contribution in [0.3, 0.4) is 0 Å². The predicted molar refractivity (Wildman–Crippen MR) is 82.9 cm³/mol. The van der Waals surface area contributed by atoms with E-state index in [1.165, 1.54) is 25.0 Å². The van der Waals surface area contributed by atoms with Gasteiger partial charge >= 0.3 is 0 Å². The minimum absolute atomic E-state index is 0.242. The summed E-state index contributed by atoms with van der Waals surface area (Å²) in [5.74, 6) is 1.75. The van der Waals surface area contributed by atoms with Gasteiger partial charge in [0.25, 0.3) is 0 Å². The standard InChI is InChI=1S/C17H20FN3/c1-3-6-19-16-10-15(12-4-5-12)20-17(21-16)13-7-11(2)8-14(18)9-13/h7-10,12H,3-6H2,1-2H3,(H,19,20,21). The lowest BCUT2D eigenvalue weighted by molar-refractivity contribution is 0.627. The number of nitrogens with zero attached hydrogens (tertiary/aromatic N) is 2. The number of rotatable bonds is 5. The van der Waals surface area contributed by atoms with Crippen molar-refractivity contribution in [1.29, 1.82) is 0 Å². The third-order valence-electron chi connectivity index (χ3n) is 3.60. The Kier molecular flexibility index (Phi) is 3.86. The number of benzene rings is 1. The van der Waals surface area contributed by atoms with Crippen LogP contribution in [0, 0.1) is 12.7 Å². The fourth-order valence-corrected chi connectivity index (χ4v) is 2.39. The van der Waals surface area contributed by atoms with Gasteiger partial charge in [0.2, 0.25) is 0 Å². The second-order valence-corrected chi connectivity index (χ2v) is 5.72. The molecular weight excluding hydrogens is 265 g/mol. The summed E-state index contributed by atoms with van der Waals surface area (Å²) in [6.45, 7) is 4.88. The van der Waals surface area contributed by atoms with Crippen molar-refractivity contribution in [3.8, 4) is 11.4 Å². The zero-order valence-corrected chi connectivity index (χ0v) is 12.5. The number of hydrogen-bond acceptors (Lipinski definition) is 3. The molecule has 0 bridgehead atoms. The van der Waals surface area contributed by atoms with Crippen LogP contribution in [0.1, 0.15) is 43.4 Å². The predicted octanol–water partition coefficient (Wildman–Crippen LogP) is 4.29. The van der Waals surface area contributed by atoms with E-state index < -0.39 is 0 Å². The molecule has 2 aromatic rings. The van der Waals surface area contributed by atoms with E-state index in [-0.39, 0.29) is 5.82 Å². The van der Waals surface area contributed by atoms with Gasteiger partial charge in [-0.2, -0.15) is 0 Å². The first-order valence-corrected chi connectivity index (χ1v) is 7.56. The number of anilines is 1. The lowest BCUT2D eigenvalue weighted by Crippen LogP contribution is -2.05. The van der Waals surface area contributed by atoms with E-state index >= 15 is 0 Å². The Labute approximate surface area is 124 Å². The molecule has 1 fully saturated rings. The maximum atomic E-state index is 13.6. The van der Waals surface area contributed by atoms with Crippen molar-refractivity contribution in [2.24, 2.45) is 0 Å². The fourth-order valence-electron chi connectivity index (χ4n) is 2.39. The molecule has 0 aliphatic heterocycles. The lowest BCUT2D eigenvalue weighted by atomic mass is 10.1. The zero-order chi connectivity index (χ0) is 14.8. The summed E-state index contributed by atoms with van der Waals surface area (Å²) in [5, 5.41) is 3.31. The molecule has 3 nitrogen and oxygen atoms in total. The summed E-state index contributed by atoms with van der Waals surface area (Å²) in [6.07, 6.45) is 3.41. The van der Waals surface area contributed by atoms with Gasteiger partial charge in [0.15, 0.2) is 5.82 Å². The lowest BCUT2D eigenvalue weighted by Gasteiger charge is -2.10. The Morgan fingerprint density at radius 2 is 2.00 bits per heavy atom. The number of hydrogen-bond donors (Lipinski definition) is 1. The molecule has 0 amide bonds. The van der Waals surface area contributed by atoms with Crippen LogP contribution in [0.2, 0.25) is 0 Å². The molecule has 110 valence electrons. The number of aromatic nitrogens is 2. The Bertz CT molecular complexity index is 630. The molecule has 1 heterocycles. The van der Waals surface area contributed by atoms with Crippen LogP contribution < -0.4 is 5.32 Å². The first kappa shape index (κ1) is 14.0.